The lowest BCUT2D eigenvalue weighted by Crippen LogP contribution is -2.32. The standard InChI is InChI=1S/C23H23ClN4O3/c1-3-15-5-11-18(12-6-15)25-22(30)14-28-23(31)20(26-21(29)4-2)13-19(27-28)16-7-9-17(24)10-8-16/h5-13H,3-4,14H2,1-2H3,(H,25,30)(H,26,29). The van der Waals surface area contributed by atoms with E-state index >= 15 is 0 Å². The van der Waals surface area contributed by atoms with Crippen LogP contribution in [-0.4, -0.2) is 21.6 Å². The summed E-state index contributed by atoms with van der Waals surface area (Å²) in [5, 5.41) is 10.2. The van der Waals surface area contributed by atoms with Crippen molar-refractivity contribution in [2.24, 2.45) is 0 Å². The Bertz CT molecular complexity index is 1140. The summed E-state index contributed by atoms with van der Waals surface area (Å²) in [6.07, 6.45) is 1.11. The molecule has 8 heteroatoms. The van der Waals surface area contributed by atoms with Crippen molar-refractivity contribution >= 4 is 34.8 Å². The highest BCUT2D eigenvalue weighted by Crippen LogP contribution is 2.21. The van der Waals surface area contributed by atoms with E-state index in [2.05, 4.69) is 15.7 Å². The Labute approximate surface area is 185 Å². The molecule has 0 bridgehead atoms. The highest BCUT2D eigenvalue weighted by atomic mass is 35.5. The monoisotopic (exact) mass is 438 g/mol. The van der Waals surface area contributed by atoms with Gasteiger partial charge in [0.15, 0.2) is 0 Å². The number of aromatic nitrogens is 2. The molecule has 0 spiro atoms. The molecule has 2 amide bonds. The molecule has 0 fully saturated rings. The van der Waals surface area contributed by atoms with Crippen LogP contribution in [0, 0.1) is 0 Å². The second-order valence-electron chi connectivity index (χ2n) is 6.91. The molecule has 2 aromatic carbocycles. The van der Waals surface area contributed by atoms with Gasteiger partial charge in [-0.25, -0.2) is 4.68 Å². The van der Waals surface area contributed by atoms with E-state index in [1.54, 1.807) is 31.2 Å². The quantitative estimate of drug-likeness (QED) is 0.580. The minimum Gasteiger partial charge on any atom is -0.324 e. The summed E-state index contributed by atoms with van der Waals surface area (Å²) in [5.74, 6) is -0.711. The van der Waals surface area contributed by atoms with E-state index in [0.29, 0.717) is 22.0 Å². The minimum absolute atomic E-state index is 0.0619. The molecule has 0 radical (unpaired) electrons. The molecule has 0 aliphatic carbocycles. The van der Waals surface area contributed by atoms with Crippen LogP contribution in [-0.2, 0) is 22.6 Å². The molecule has 160 valence electrons. The summed E-state index contributed by atoms with van der Waals surface area (Å²) in [7, 11) is 0. The summed E-state index contributed by atoms with van der Waals surface area (Å²) in [6.45, 7) is 3.44. The lowest BCUT2D eigenvalue weighted by atomic mass is 10.1. The van der Waals surface area contributed by atoms with Crippen molar-refractivity contribution in [3.05, 3.63) is 75.5 Å². The van der Waals surface area contributed by atoms with Crippen molar-refractivity contribution in [3.8, 4) is 11.3 Å². The van der Waals surface area contributed by atoms with E-state index in [0.717, 1.165) is 16.7 Å². The molecule has 1 heterocycles. The molecular weight excluding hydrogens is 416 g/mol. The normalized spacial score (nSPS) is 10.5. The average Bonchev–Trinajstić information content (AvgIpc) is 2.77. The predicted molar refractivity (Wildman–Crippen MR) is 122 cm³/mol. The fraction of sp³-hybridized carbons (Fsp3) is 0.217. The van der Waals surface area contributed by atoms with Crippen LogP contribution in [0.3, 0.4) is 0 Å². The summed E-state index contributed by atoms with van der Waals surface area (Å²) in [6, 6.07) is 15.9. The third-order valence-corrected chi connectivity index (χ3v) is 4.90. The number of hydrogen-bond acceptors (Lipinski definition) is 4. The Kier molecular flexibility index (Phi) is 7.20. The number of halogens is 1. The van der Waals surface area contributed by atoms with E-state index in [1.807, 2.05) is 31.2 Å². The van der Waals surface area contributed by atoms with Gasteiger partial charge in [0, 0.05) is 22.7 Å². The number of carbonyl (C=O) groups is 2. The molecule has 0 atom stereocenters. The second kappa shape index (κ2) is 10.0. The van der Waals surface area contributed by atoms with Gasteiger partial charge < -0.3 is 10.6 Å². The SMILES string of the molecule is CCC(=O)Nc1cc(-c2ccc(Cl)cc2)nn(CC(=O)Nc2ccc(CC)cc2)c1=O. The van der Waals surface area contributed by atoms with Crippen LogP contribution in [0.5, 0.6) is 0 Å². The summed E-state index contributed by atoms with van der Waals surface area (Å²) >= 11 is 5.95. The van der Waals surface area contributed by atoms with Crippen LogP contribution in [0.15, 0.2) is 59.4 Å². The molecule has 0 unspecified atom stereocenters. The Balaban J connectivity index is 1.91. The smallest absolute Gasteiger partial charge is 0.291 e. The predicted octanol–water partition coefficient (Wildman–Crippen LogP) is 4.11. The van der Waals surface area contributed by atoms with Gasteiger partial charge in [0.2, 0.25) is 11.8 Å². The summed E-state index contributed by atoms with van der Waals surface area (Å²) in [5.41, 5.74) is 2.41. The number of hydrogen-bond donors (Lipinski definition) is 2. The lowest BCUT2D eigenvalue weighted by molar-refractivity contribution is -0.117. The molecule has 1 aromatic heterocycles. The molecule has 0 aliphatic rings. The highest BCUT2D eigenvalue weighted by molar-refractivity contribution is 6.30. The number of nitrogens with zero attached hydrogens (tertiary/aromatic N) is 2. The van der Waals surface area contributed by atoms with Gasteiger partial charge in [-0.3, -0.25) is 14.4 Å². The van der Waals surface area contributed by atoms with Crippen LogP contribution in [0.25, 0.3) is 11.3 Å². The van der Waals surface area contributed by atoms with Crippen molar-refractivity contribution in [1.29, 1.82) is 0 Å². The maximum atomic E-state index is 12.8. The summed E-state index contributed by atoms with van der Waals surface area (Å²) < 4.78 is 1.05. The van der Waals surface area contributed by atoms with E-state index in [1.165, 1.54) is 6.07 Å². The molecular formula is C23H23ClN4O3. The van der Waals surface area contributed by atoms with Crippen molar-refractivity contribution in [3.63, 3.8) is 0 Å². The van der Waals surface area contributed by atoms with Gasteiger partial charge in [-0.1, -0.05) is 49.7 Å². The maximum Gasteiger partial charge on any atom is 0.291 e. The number of carbonyl (C=O) groups excluding carboxylic acids is 2. The van der Waals surface area contributed by atoms with Crippen LogP contribution in [0.4, 0.5) is 11.4 Å². The zero-order valence-electron chi connectivity index (χ0n) is 17.3. The first kappa shape index (κ1) is 22.2. The van der Waals surface area contributed by atoms with Gasteiger partial charge in [0.1, 0.15) is 12.2 Å². The molecule has 0 saturated heterocycles. The maximum absolute atomic E-state index is 12.8. The Morgan fingerprint density at radius 1 is 0.968 bits per heavy atom. The van der Waals surface area contributed by atoms with Gasteiger partial charge >= 0.3 is 0 Å². The number of aryl methyl sites for hydroxylation is 1. The molecule has 3 rings (SSSR count). The molecule has 2 N–H and O–H groups in total. The molecule has 0 aliphatic heterocycles. The fourth-order valence-electron chi connectivity index (χ4n) is 2.90. The number of benzene rings is 2. The Morgan fingerprint density at radius 3 is 2.26 bits per heavy atom. The van der Waals surface area contributed by atoms with Gasteiger partial charge in [-0.2, -0.15) is 5.10 Å². The number of amides is 2. The number of anilines is 2. The van der Waals surface area contributed by atoms with Gasteiger partial charge in [-0.05, 0) is 42.3 Å². The Morgan fingerprint density at radius 2 is 1.65 bits per heavy atom. The third kappa shape index (κ3) is 5.79. The van der Waals surface area contributed by atoms with Crippen molar-refractivity contribution in [2.75, 3.05) is 10.6 Å². The first-order valence-corrected chi connectivity index (χ1v) is 10.3. The van der Waals surface area contributed by atoms with Gasteiger partial charge in [-0.15, -0.1) is 0 Å². The zero-order chi connectivity index (χ0) is 22.4. The lowest BCUT2D eigenvalue weighted by Gasteiger charge is -2.12. The van der Waals surface area contributed by atoms with E-state index in [-0.39, 0.29) is 24.6 Å². The first-order chi connectivity index (χ1) is 14.9. The third-order valence-electron chi connectivity index (χ3n) is 4.65. The van der Waals surface area contributed by atoms with Crippen molar-refractivity contribution in [2.45, 2.75) is 33.2 Å². The van der Waals surface area contributed by atoms with Gasteiger partial charge in [0.25, 0.3) is 5.56 Å². The number of rotatable bonds is 7. The van der Waals surface area contributed by atoms with Crippen molar-refractivity contribution in [1.82, 2.24) is 9.78 Å². The molecule has 31 heavy (non-hydrogen) atoms. The molecule has 3 aromatic rings. The van der Waals surface area contributed by atoms with E-state index < -0.39 is 11.5 Å². The van der Waals surface area contributed by atoms with Crippen LogP contribution in [0.1, 0.15) is 25.8 Å². The van der Waals surface area contributed by atoms with Gasteiger partial charge in [0.05, 0.1) is 5.69 Å². The number of nitrogens with one attached hydrogen (secondary N) is 2. The Hall–Kier alpha value is -3.45. The fourth-order valence-corrected chi connectivity index (χ4v) is 3.03. The van der Waals surface area contributed by atoms with Crippen LogP contribution < -0.4 is 16.2 Å². The molecule has 7 nitrogen and oxygen atoms in total. The molecule has 0 saturated carbocycles. The second-order valence-corrected chi connectivity index (χ2v) is 7.35. The first-order valence-electron chi connectivity index (χ1n) is 9.96. The highest BCUT2D eigenvalue weighted by Gasteiger charge is 2.14. The van der Waals surface area contributed by atoms with Crippen LogP contribution in [0.2, 0.25) is 5.02 Å². The zero-order valence-corrected chi connectivity index (χ0v) is 18.1. The topological polar surface area (TPSA) is 93.1 Å². The van der Waals surface area contributed by atoms with E-state index in [4.69, 9.17) is 11.6 Å². The van der Waals surface area contributed by atoms with Crippen LogP contribution >= 0.6 is 11.6 Å². The van der Waals surface area contributed by atoms with E-state index in [9.17, 15) is 14.4 Å². The largest absolute Gasteiger partial charge is 0.324 e. The van der Waals surface area contributed by atoms with Crippen molar-refractivity contribution < 1.29 is 9.59 Å². The average molecular weight is 439 g/mol. The summed E-state index contributed by atoms with van der Waals surface area (Å²) in [4.78, 5) is 37.2. The minimum atomic E-state index is -0.559.